The Labute approximate surface area is 134 Å². The van der Waals surface area contributed by atoms with E-state index in [4.69, 9.17) is 16.9 Å². The Morgan fingerprint density at radius 2 is 2.18 bits per heavy atom. The number of allylic oxidation sites excluding steroid dienone is 1. The average Bonchev–Trinajstić information content (AvgIpc) is 2.41. The molecule has 0 fully saturated rings. The van der Waals surface area contributed by atoms with Crippen molar-refractivity contribution in [3.05, 3.63) is 34.6 Å². The van der Waals surface area contributed by atoms with E-state index in [-0.39, 0.29) is 21.4 Å². The Hall–Kier alpha value is -1.72. The lowest BCUT2D eigenvalue weighted by Crippen LogP contribution is -2.10. The standard InChI is InChI=1S/C13H11ClF3N3OS/c1-20(2)6-8(4-18)11(21)7-22-12-10(14)3-9(5-19-12)13(15,16)17/h3,5-6H,7H2,1-2H3. The van der Waals surface area contributed by atoms with Crippen LogP contribution >= 0.6 is 23.4 Å². The van der Waals surface area contributed by atoms with E-state index in [9.17, 15) is 18.0 Å². The van der Waals surface area contributed by atoms with Crippen LogP contribution in [0.15, 0.2) is 29.1 Å². The molecule has 0 bridgehead atoms. The monoisotopic (exact) mass is 349 g/mol. The third-order valence-electron chi connectivity index (χ3n) is 2.28. The predicted octanol–water partition coefficient (Wildman–Crippen LogP) is 3.38. The molecule has 1 aromatic rings. The minimum Gasteiger partial charge on any atom is -0.382 e. The Bertz CT molecular complexity index is 638. The molecule has 22 heavy (non-hydrogen) atoms. The summed E-state index contributed by atoms with van der Waals surface area (Å²) in [5, 5.41) is 8.79. The number of ketones is 1. The van der Waals surface area contributed by atoms with Crippen molar-refractivity contribution in [2.75, 3.05) is 19.8 Å². The molecule has 0 aromatic carbocycles. The summed E-state index contributed by atoms with van der Waals surface area (Å²) in [4.78, 5) is 17.0. The molecule has 0 spiro atoms. The zero-order valence-corrected chi connectivity index (χ0v) is 13.2. The van der Waals surface area contributed by atoms with E-state index in [1.807, 2.05) is 0 Å². The van der Waals surface area contributed by atoms with E-state index < -0.39 is 17.5 Å². The fraction of sp³-hybridized carbons (Fsp3) is 0.308. The Morgan fingerprint density at radius 1 is 1.55 bits per heavy atom. The molecule has 0 aliphatic carbocycles. The van der Waals surface area contributed by atoms with Crippen molar-refractivity contribution in [3.63, 3.8) is 0 Å². The summed E-state index contributed by atoms with van der Waals surface area (Å²) in [5.74, 6) is -0.607. The van der Waals surface area contributed by atoms with E-state index >= 15 is 0 Å². The summed E-state index contributed by atoms with van der Waals surface area (Å²) in [7, 11) is 3.32. The summed E-state index contributed by atoms with van der Waals surface area (Å²) >= 11 is 6.61. The molecule has 0 atom stereocenters. The molecule has 1 rings (SSSR count). The normalized spacial score (nSPS) is 12.0. The molecule has 0 radical (unpaired) electrons. The molecule has 0 aliphatic rings. The van der Waals surface area contributed by atoms with Crippen LogP contribution in [0, 0.1) is 11.3 Å². The van der Waals surface area contributed by atoms with Crippen LogP contribution < -0.4 is 0 Å². The van der Waals surface area contributed by atoms with Gasteiger partial charge in [-0.05, 0) is 6.07 Å². The highest BCUT2D eigenvalue weighted by Crippen LogP contribution is 2.33. The van der Waals surface area contributed by atoms with Crippen molar-refractivity contribution in [2.24, 2.45) is 0 Å². The van der Waals surface area contributed by atoms with E-state index in [1.165, 1.54) is 6.20 Å². The molecule has 9 heteroatoms. The first kappa shape index (κ1) is 18.3. The SMILES string of the molecule is CN(C)C=C(C#N)C(=O)CSc1ncc(C(F)(F)F)cc1Cl. The minimum atomic E-state index is -4.53. The van der Waals surface area contributed by atoms with Crippen LogP contribution in [0.4, 0.5) is 13.2 Å². The number of alkyl halides is 3. The molecule has 1 heterocycles. The largest absolute Gasteiger partial charge is 0.417 e. The summed E-state index contributed by atoms with van der Waals surface area (Å²) in [6.45, 7) is 0. The number of hydrogen-bond acceptors (Lipinski definition) is 5. The number of halogens is 4. The number of hydrogen-bond donors (Lipinski definition) is 0. The summed E-state index contributed by atoms with van der Waals surface area (Å²) in [5.41, 5.74) is -1.01. The number of pyridine rings is 1. The van der Waals surface area contributed by atoms with Crippen LogP contribution in [0.3, 0.4) is 0 Å². The van der Waals surface area contributed by atoms with Gasteiger partial charge < -0.3 is 4.90 Å². The third-order valence-corrected chi connectivity index (χ3v) is 3.69. The second-order valence-electron chi connectivity index (χ2n) is 4.34. The van der Waals surface area contributed by atoms with Crippen LogP contribution in [0.5, 0.6) is 0 Å². The highest BCUT2D eigenvalue weighted by atomic mass is 35.5. The van der Waals surface area contributed by atoms with E-state index in [0.717, 1.165) is 17.8 Å². The maximum atomic E-state index is 12.5. The zero-order valence-electron chi connectivity index (χ0n) is 11.6. The molecule has 0 saturated carbocycles. The van der Waals surface area contributed by atoms with Gasteiger partial charge in [0.25, 0.3) is 0 Å². The van der Waals surface area contributed by atoms with Gasteiger partial charge in [0.2, 0.25) is 0 Å². The van der Waals surface area contributed by atoms with Crippen LogP contribution in [-0.2, 0) is 11.0 Å². The van der Waals surface area contributed by atoms with Crippen LogP contribution in [0.2, 0.25) is 5.02 Å². The number of aromatic nitrogens is 1. The highest BCUT2D eigenvalue weighted by molar-refractivity contribution is 8.00. The molecule has 0 N–H and O–H groups in total. The van der Waals surface area contributed by atoms with Crippen LogP contribution in [0.1, 0.15) is 5.56 Å². The second-order valence-corrected chi connectivity index (χ2v) is 5.71. The molecule has 0 saturated heterocycles. The van der Waals surface area contributed by atoms with Crippen LogP contribution in [0.25, 0.3) is 0 Å². The predicted molar refractivity (Wildman–Crippen MR) is 77.4 cm³/mol. The lowest BCUT2D eigenvalue weighted by Gasteiger charge is -2.09. The van der Waals surface area contributed by atoms with Crippen molar-refractivity contribution < 1.29 is 18.0 Å². The summed E-state index contributed by atoms with van der Waals surface area (Å²) in [6.07, 6.45) is -2.51. The van der Waals surface area contributed by atoms with Crippen molar-refractivity contribution in [3.8, 4) is 6.07 Å². The Kier molecular flexibility index (Phi) is 6.26. The zero-order chi connectivity index (χ0) is 16.9. The number of Topliss-reactive ketones (excluding diaryl/α,β-unsaturated/α-hetero) is 1. The first-order valence-corrected chi connectivity index (χ1v) is 7.18. The molecular formula is C13H11ClF3N3OS. The van der Waals surface area contributed by atoms with Gasteiger partial charge in [-0.3, -0.25) is 4.79 Å². The Morgan fingerprint density at radius 3 is 2.64 bits per heavy atom. The maximum absolute atomic E-state index is 12.5. The van der Waals surface area contributed by atoms with Crippen molar-refractivity contribution in [1.82, 2.24) is 9.88 Å². The van der Waals surface area contributed by atoms with E-state index in [1.54, 1.807) is 25.1 Å². The van der Waals surface area contributed by atoms with Gasteiger partial charge in [-0.2, -0.15) is 18.4 Å². The number of carbonyl (C=O) groups excluding carboxylic acids is 1. The fourth-order valence-electron chi connectivity index (χ4n) is 1.32. The first-order chi connectivity index (χ1) is 10.1. The molecule has 0 unspecified atom stereocenters. The summed E-state index contributed by atoms with van der Waals surface area (Å²) in [6, 6.07) is 2.52. The number of carbonyl (C=O) groups is 1. The molecule has 1 aromatic heterocycles. The van der Waals surface area contributed by atoms with E-state index in [0.29, 0.717) is 6.20 Å². The number of nitriles is 1. The van der Waals surface area contributed by atoms with Gasteiger partial charge in [-0.25, -0.2) is 4.98 Å². The van der Waals surface area contributed by atoms with Gasteiger partial charge in [0.1, 0.15) is 16.7 Å². The fourth-order valence-corrected chi connectivity index (χ4v) is 2.40. The topological polar surface area (TPSA) is 57.0 Å². The quantitative estimate of drug-likeness (QED) is 0.463. The molecule has 4 nitrogen and oxygen atoms in total. The van der Waals surface area contributed by atoms with Crippen molar-refractivity contribution >= 4 is 29.1 Å². The lowest BCUT2D eigenvalue weighted by molar-refractivity contribution is -0.137. The number of rotatable bonds is 5. The van der Waals surface area contributed by atoms with Gasteiger partial charge in [-0.15, -0.1) is 0 Å². The van der Waals surface area contributed by atoms with Gasteiger partial charge in [-0.1, -0.05) is 23.4 Å². The number of nitrogens with zero attached hydrogens (tertiary/aromatic N) is 3. The molecule has 0 amide bonds. The molecule has 118 valence electrons. The smallest absolute Gasteiger partial charge is 0.382 e. The van der Waals surface area contributed by atoms with Gasteiger partial charge in [0, 0.05) is 26.5 Å². The maximum Gasteiger partial charge on any atom is 0.417 e. The summed E-state index contributed by atoms with van der Waals surface area (Å²) < 4.78 is 37.4. The van der Waals surface area contributed by atoms with Gasteiger partial charge >= 0.3 is 6.18 Å². The van der Waals surface area contributed by atoms with Crippen molar-refractivity contribution in [1.29, 1.82) is 5.26 Å². The molecule has 0 aliphatic heterocycles. The van der Waals surface area contributed by atoms with Crippen LogP contribution in [-0.4, -0.2) is 35.5 Å². The van der Waals surface area contributed by atoms with Gasteiger partial charge in [0.05, 0.1) is 16.3 Å². The van der Waals surface area contributed by atoms with Gasteiger partial charge in [0.15, 0.2) is 5.78 Å². The first-order valence-electron chi connectivity index (χ1n) is 5.82. The Balaban J connectivity index is 2.81. The molecular weight excluding hydrogens is 339 g/mol. The lowest BCUT2D eigenvalue weighted by atomic mass is 10.2. The average molecular weight is 350 g/mol. The van der Waals surface area contributed by atoms with E-state index in [2.05, 4.69) is 4.98 Å². The number of thioether (sulfide) groups is 1. The minimum absolute atomic E-state index is 0.0551. The highest BCUT2D eigenvalue weighted by Gasteiger charge is 2.31. The second kappa shape index (κ2) is 7.51. The third kappa shape index (κ3) is 5.24. The van der Waals surface area contributed by atoms with Crippen molar-refractivity contribution in [2.45, 2.75) is 11.2 Å².